The van der Waals surface area contributed by atoms with E-state index in [0.717, 1.165) is 31.5 Å². The van der Waals surface area contributed by atoms with Gasteiger partial charge in [0, 0.05) is 37.2 Å². The largest absolute Gasteiger partial charge is 0.371 e. The highest BCUT2D eigenvalue weighted by atomic mass is 16.1. The molecule has 0 amide bonds. The molecule has 2 rings (SSSR count). The van der Waals surface area contributed by atoms with Crippen LogP contribution in [0.15, 0.2) is 24.3 Å². The monoisotopic (exact) mass is 217 g/mol. The van der Waals surface area contributed by atoms with Gasteiger partial charge in [-0.05, 0) is 30.7 Å². The van der Waals surface area contributed by atoms with Crippen molar-refractivity contribution in [1.29, 1.82) is 0 Å². The number of ketones is 1. The number of anilines is 1. The molecule has 3 heteroatoms. The van der Waals surface area contributed by atoms with Gasteiger partial charge in [-0.25, -0.2) is 0 Å². The number of rotatable bonds is 2. The van der Waals surface area contributed by atoms with Crippen molar-refractivity contribution in [2.24, 2.45) is 0 Å². The Balaban J connectivity index is 2.10. The van der Waals surface area contributed by atoms with Gasteiger partial charge in [0.1, 0.15) is 12.1 Å². The van der Waals surface area contributed by atoms with Crippen LogP contribution in [-0.2, 0) is 4.79 Å². The molecule has 16 heavy (non-hydrogen) atoms. The molecule has 0 atom stereocenters. The summed E-state index contributed by atoms with van der Waals surface area (Å²) in [5.74, 6) is 0.354. The molecule has 0 aromatic heterocycles. The number of benzene rings is 1. The molecule has 1 fully saturated rings. The average molecular weight is 217 g/mol. The predicted molar refractivity (Wildman–Crippen MR) is 62.9 cm³/mol. The Morgan fingerprint density at radius 2 is 1.81 bits per heavy atom. The quantitative estimate of drug-likeness (QED) is 0.711. The second kappa shape index (κ2) is 4.92. The molecular formula is C13H15NO2. The Hall–Kier alpha value is -1.64. The number of hydrogen-bond acceptors (Lipinski definition) is 3. The Labute approximate surface area is 95.1 Å². The second-order valence-electron chi connectivity index (χ2n) is 4.09. The van der Waals surface area contributed by atoms with Gasteiger partial charge in [0.15, 0.2) is 0 Å². The van der Waals surface area contributed by atoms with Crippen molar-refractivity contribution in [2.45, 2.75) is 19.3 Å². The van der Waals surface area contributed by atoms with Crippen molar-refractivity contribution in [1.82, 2.24) is 0 Å². The first-order valence-corrected chi connectivity index (χ1v) is 5.61. The molecule has 1 saturated heterocycles. The molecule has 1 aromatic rings. The zero-order chi connectivity index (χ0) is 11.4. The number of nitrogens with zero attached hydrogens (tertiary/aromatic N) is 1. The summed E-state index contributed by atoms with van der Waals surface area (Å²) in [7, 11) is 0. The third kappa shape index (κ3) is 2.48. The van der Waals surface area contributed by atoms with Crippen LogP contribution in [0.4, 0.5) is 5.69 Å². The summed E-state index contributed by atoms with van der Waals surface area (Å²) < 4.78 is 0. The molecule has 0 aliphatic carbocycles. The zero-order valence-electron chi connectivity index (χ0n) is 9.19. The van der Waals surface area contributed by atoms with Crippen LogP contribution in [0.3, 0.4) is 0 Å². The van der Waals surface area contributed by atoms with Gasteiger partial charge in [-0.2, -0.15) is 0 Å². The molecule has 0 bridgehead atoms. The number of aldehydes is 1. The fourth-order valence-electron chi connectivity index (χ4n) is 1.99. The average Bonchev–Trinajstić information content (AvgIpc) is 2.54. The van der Waals surface area contributed by atoms with Crippen LogP contribution in [0.1, 0.15) is 29.6 Å². The highest BCUT2D eigenvalue weighted by molar-refractivity contribution is 5.79. The van der Waals surface area contributed by atoms with Crippen LogP contribution in [-0.4, -0.2) is 25.2 Å². The maximum Gasteiger partial charge on any atom is 0.150 e. The summed E-state index contributed by atoms with van der Waals surface area (Å²) in [6.07, 6.45) is 3.10. The number of carbonyl (C=O) groups is 2. The smallest absolute Gasteiger partial charge is 0.150 e. The van der Waals surface area contributed by atoms with E-state index in [1.54, 1.807) is 0 Å². The lowest BCUT2D eigenvalue weighted by Gasteiger charge is -2.22. The molecule has 1 heterocycles. The summed E-state index contributed by atoms with van der Waals surface area (Å²) in [6.45, 7) is 1.71. The van der Waals surface area contributed by atoms with E-state index >= 15 is 0 Å². The van der Waals surface area contributed by atoms with Crippen molar-refractivity contribution in [3.8, 4) is 0 Å². The van der Waals surface area contributed by atoms with Gasteiger partial charge in [-0.15, -0.1) is 0 Å². The summed E-state index contributed by atoms with van der Waals surface area (Å²) in [5.41, 5.74) is 1.79. The Bertz CT molecular complexity index is 383. The fourth-order valence-corrected chi connectivity index (χ4v) is 1.99. The van der Waals surface area contributed by atoms with Crippen LogP contribution in [0.2, 0.25) is 0 Å². The van der Waals surface area contributed by atoms with Gasteiger partial charge in [0.25, 0.3) is 0 Å². The second-order valence-corrected chi connectivity index (χ2v) is 4.09. The first-order valence-electron chi connectivity index (χ1n) is 5.61. The molecule has 1 aromatic carbocycles. The standard InChI is InChI=1S/C13H15NO2/c15-10-11-3-5-12(6-4-11)14-8-1-2-13(16)7-9-14/h3-6,10H,1-2,7-9H2. The minimum atomic E-state index is 0.354. The molecular weight excluding hydrogens is 202 g/mol. The molecule has 1 aliphatic rings. The van der Waals surface area contributed by atoms with Crippen molar-refractivity contribution in [3.63, 3.8) is 0 Å². The van der Waals surface area contributed by atoms with Crippen LogP contribution < -0.4 is 4.90 Å². The minimum Gasteiger partial charge on any atom is -0.371 e. The van der Waals surface area contributed by atoms with Crippen LogP contribution in [0.5, 0.6) is 0 Å². The van der Waals surface area contributed by atoms with Crippen molar-refractivity contribution in [2.75, 3.05) is 18.0 Å². The normalized spacial score (nSPS) is 17.0. The first kappa shape index (κ1) is 10.9. The van der Waals surface area contributed by atoms with Crippen molar-refractivity contribution < 1.29 is 9.59 Å². The predicted octanol–water partition coefficient (Wildman–Crippen LogP) is 2.06. The lowest BCUT2D eigenvalue weighted by Crippen LogP contribution is -2.24. The van der Waals surface area contributed by atoms with E-state index in [0.29, 0.717) is 24.2 Å². The Morgan fingerprint density at radius 1 is 1.06 bits per heavy atom. The Morgan fingerprint density at radius 3 is 2.50 bits per heavy atom. The zero-order valence-corrected chi connectivity index (χ0v) is 9.19. The molecule has 84 valence electrons. The number of hydrogen-bond donors (Lipinski definition) is 0. The van der Waals surface area contributed by atoms with E-state index in [-0.39, 0.29) is 0 Å². The third-order valence-corrected chi connectivity index (χ3v) is 2.94. The highest BCUT2D eigenvalue weighted by Gasteiger charge is 2.14. The maximum atomic E-state index is 11.3. The number of carbonyl (C=O) groups excluding carboxylic acids is 2. The summed E-state index contributed by atoms with van der Waals surface area (Å²) >= 11 is 0. The van der Waals surface area contributed by atoms with Crippen LogP contribution in [0.25, 0.3) is 0 Å². The first-order chi connectivity index (χ1) is 7.79. The summed E-state index contributed by atoms with van der Waals surface area (Å²) in [5, 5.41) is 0. The maximum absolute atomic E-state index is 11.3. The molecule has 3 nitrogen and oxygen atoms in total. The van der Waals surface area contributed by atoms with E-state index in [4.69, 9.17) is 0 Å². The van der Waals surface area contributed by atoms with Crippen LogP contribution >= 0.6 is 0 Å². The molecule has 0 spiro atoms. The molecule has 1 aliphatic heterocycles. The van der Waals surface area contributed by atoms with E-state index in [1.807, 2.05) is 24.3 Å². The van der Waals surface area contributed by atoms with E-state index < -0.39 is 0 Å². The van der Waals surface area contributed by atoms with Crippen LogP contribution in [0, 0.1) is 0 Å². The van der Waals surface area contributed by atoms with E-state index in [9.17, 15) is 9.59 Å². The Kier molecular flexibility index (Phi) is 3.34. The summed E-state index contributed by atoms with van der Waals surface area (Å²) in [6, 6.07) is 7.52. The lowest BCUT2D eigenvalue weighted by molar-refractivity contribution is -0.118. The van der Waals surface area contributed by atoms with E-state index in [1.165, 1.54) is 0 Å². The topological polar surface area (TPSA) is 37.4 Å². The van der Waals surface area contributed by atoms with Gasteiger partial charge >= 0.3 is 0 Å². The fraction of sp³-hybridized carbons (Fsp3) is 0.385. The van der Waals surface area contributed by atoms with Crippen molar-refractivity contribution in [3.05, 3.63) is 29.8 Å². The van der Waals surface area contributed by atoms with E-state index in [2.05, 4.69) is 4.90 Å². The molecule has 0 saturated carbocycles. The lowest BCUT2D eigenvalue weighted by atomic mass is 10.2. The highest BCUT2D eigenvalue weighted by Crippen LogP contribution is 2.18. The van der Waals surface area contributed by atoms with Crippen molar-refractivity contribution >= 4 is 17.8 Å². The van der Waals surface area contributed by atoms with Gasteiger partial charge in [0.05, 0.1) is 0 Å². The van der Waals surface area contributed by atoms with Gasteiger partial charge < -0.3 is 4.90 Å². The molecule has 0 unspecified atom stereocenters. The van der Waals surface area contributed by atoms with Gasteiger partial charge in [0.2, 0.25) is 0 Å². The number of Topliss-reactive ketones (excluding diaryl/α,β-unsaturated/α-hetero) is 1. The third-order valence-electron chi connectivity index (χ3n) is 2.94. The minimum absolute atomic E-state index is 0.354. The molecule has 0 N–H and O–H groups in total. The van der Waals surface area contributed by atoms with Gasteiger partial charge in [-0.3, -0.25) is 9.59 Å². The molecule has 0 radical (unpaired) electrons. The van der Waals surface area contributed by atoms with Gasteiger partial charge in [-0.1, -0.05) is 0 Å². The SMILES string of the molecule is O=Cc1ccc(N2CCCC(=O)CC2)cc1. The summed E-state index contributed by atoms with van der Waals surface area (Å²) in [4.78, 5) is 24.0.